The lowest BCUT2D eigenvalue weighted by atomic mass is 10.2. The monoisotopic (exact) mass is 243 g/mol. The number of amides is 2. The average Bonchev–Trinajstić information content (AvgIpc) is 2.39. The zero-order valence-electron chi connectivity index (χ0n) is 9.10. The lowest BCUT2D eigenvalue weighted by molar-refractivity contribution is -0.137. The van der Waals surface area contributed by atoms with Gasteiger partial charge < -0.3 is 5.11 Å². The van der Waals surface area contributed by atoms with Crippen LogP contribution in [0.15, 0.2) is 11.0 Å². The summed E-state index contributed by atoms with van der Waals surface area (Å²) in [6, 6.07) is 0. The van der Waals surface area contributed by atoms with E-state index in [2.05, 4.69) is 0 Å². The highest BCUT2D eigenvalue weighted by Gasteiger charge is 2.34. The van der Waals surface area contributed by atoms with Crippen molar-refractivity contribution in [3.63, 3.8) is 0 Å². The molecule has 0 unspecified atom stereocenters. The second-order valence-electron chi connectivity index (χ2n) is 3.74. The van der Waals surface area contributed by atoms with E-state index >= 15 is 0 Å². The number of carbonyl (C=O) groups excluding carboxylic acids is 2. The van der Waals surface area contributed by atoms with Gasteiger partial charge in [-0.2, -0.15) is 0 Å². The van der Waals surface area contributed by atoms with E-state index < -0.39 is 11.2 Å². The highest BCUT2D eigenvalue weighted by atomic mass is 32.2. The van der Waals surface area contributed by atoms with Gasteiger partial charge in [0.15, 0.2) is 0 Å². The van der Waals surface area contributed by atoms with E-state index in [-0.39, 0.29) is 24.8 Å². The molecule has 0 atom stereocenters. The summed E-state index contributed by atoms with van der Waals surface area (Å²) >= 11 is 0.867. The van der Waals surface area contributed by atoms with Crippen molar-refractivity contribution in [2.75, 3.05) is 6.54 Å². The second kappa shape index (κ2) is 5.16. The van der Waals surface area contributed by atoms with E-state index in [1.54, 1.807) is 6.08 Å². The fourth-order valence-electron chi connectivity index (χ4n) is 1.22. The fraction of sp³-hybridized carbons (Fsp3) is 0.500. The van der Waals surface area contributed by atoms with Crippen LogP contribution in [-0.4, -0.2) is 33.7 Å². The molecule has 0 aromatic rings. The summed E-state index contributed by atoms with van der Waals surface area (Å²) in [5.41, 5.74) is 0. The van der Waals surface area contributed by atoms with Crippen LogP contribution >= 0.6 is 11.8 Å². The topological polar surface area (TPSA) is 74.7 Å². The van der Waals surface area contributed by atoms with Crippen LogP contribution in [0, 0.1) is 5.92 Å². The number of carboxylic acids is 1. The van der Waals surface area contributed by atoms with Crippen molar-refractivity contribution in [2.24, 2.45) is 5.92 Å². The van der Waals surface area contributed by atoms with E-state index in [1.165, 1.54) is 0 Å². The SMILES string of the molecule is CC(C)/C=C1\SC(=O)N(CCC(=O)O)C1=O. The van der Waals surface area contributed by atoms with Crippen molar-refractivity contribution < 1.29 is 19.5 Å². The van der Waals surface area contributed by atoms with Crippen molar-refractivity contribution in [3.05, 3.63) is 11.0 Å². The summed E-state index contributed by atoms with van der Waals surface area (Å²) in [4.78, 5) is 34.8. The minimum absolute atomic E-state index is 0.0601. The third kappa shape index (κ3) is 3.10. The van der Waals surface area contributed by atoms with Crippen LogP contribution in [0.1, 0.15) is 20.3 Å². The number of imide groups is 1. The van der Waals surface area contributed by atoms with Gasteiger partial charge in [-0.3, -0.25) is 19.3 Å². The number of thioether (sulfide) groups is 1. The predicted molar refractivity (Wildman–Crippen MR) is 59.9 cm³/mol. The van der Waals surface area contributed by atoms with Gasteiger partial charge in [0.1, 0.15) is 0 Å². The quantitative estimate of drug-likeness (QED) is 0.760. The summed E-state index contributed by atoms with van der Waals surface area (Å²) < 4.78 is 0. The molecule has 0 saturated carbocycles. The van der Waals surface area contributed by atoms with Gasteiger partial charge in [-0.05, 0) is 17.7 Å². The zero-order chi connectivity index (χ0) is 12.3. The summed E-state index contributed by atoms with van der Waals surface area (Å²) in [5.74, 6) is -1.23. The molecule has 0 radical (unpaired) electrons. The maximum absolute atomic E-state index is 11.7. The second-order valence-corrected chi connectivity index (χ2v) is 4.74. The van der Waals surface area contributed by atoms with Crippen molar-refractivity contribution in [1.29, 1.82) is 0 Å². The first-order valence-electron chi connectivity index (χ1n) is 4.89. The molecule has 1 aliphatic heterocycles. The first-order chi connectivity index (χ1) is 7.41. The molecule has 0 aliphatic carbocycles. The third-order valence-electron chi connectivity index (χ3n) is 1.91. The number of aliphatic carboxylic acids is 1. The summed E-state index contributed by atoms with van der Waals surface area (Å²) in [6.07, 6.45) is 1.50. The molecule has 2 amide bonds. The lowest BCUT2D eigenvalue weighted by Gasteiger charge is -2.09. The molecule has 1 saturated heterocycles. The molecule has 0 bridgehead atoms. The number of rotatable bonds is 4. The van der Waals surface area contributed by atoms with Gasteiger partial charge in [-0.1, -0.05) is 19.9 Å². The van der Waals surface area contributed by atoms with E-state index in [4.69, 9.17) is 5.11 Å². The Hall–Kier alpha value is -1.30. The Labute approximate surface area is 97.5 Å². The maximum Gasteiger partial charge on any atom is 0.305 e. The first-order valence-corrected chi connectivity index (χ1v) is 5.70. The molecule has 1 heterocycles. The van der Waals surface area contributed by atoms with Crippen LogP contribution in [0.2, 0.25) is 0 Å². The Bertz CT molecular complexity index is 362. The largest absolute Gasteiger partial charge is 0.481 e. The molecular weight excluding hydrogens is 230 g/mol. The van der Waals surface area contributed by atoms with Crippen LogP contribution in [0.3, 0.4) is 0 Å². The Kier molecular flexibility index (Phi) is 4.12. The van der Waals surface area contributed by atoms with E-state index in [0.29, 0.717) is 4.91 Å². The van der Waals surface area contributed by atoms with Crippen LogP contribution < -0.4 is 0 Å². The van der Waals surface area contributed by atoms with Gasteiger partial charge in [0.2, 0.25) is 0 Å². The number of nitrogens with zero attached hydrogens (tertiary/aromatic N) is 1. The number of allylic oxidation sites excluding steroid dienone is 1. The molecule has 0 aromatic carbocycles. The smallest absolute Gasteiger partial charge is 0.305 e. The molecule has 0 spiro atoms. The molecule has 0 aromatic heterocycles. The normalized spacial score (nSPS) is 18.9. The molecule has 88 valence electrons. The Morgan fingerprint density at radius 2 is 2.12 bits per heavy atom. The van der Waals surface area contributed by atoms with E-state index in [0.717, 1.165) is 16.7 Å². The van der Waals surface area contributed by atoms with Crippen molar-refractivity contribution >= 4 is 28.9 Å². The van der Waals surface area contributed by atoms with Crippen molar-refractivity contribution in [1.82, 2.24) is 4.90 Å². The number of hydrogen-bond donors (Lipinski definition) is 1. The maximum atomic E-state index is 11.7. The van der Waals surface area contributed by atoms with E-state index in [9.17, 15) is 14.4 Å². The van der Waals surface area contributed by atoms with Crippen LogP contribution in [0.5, 0.6) is 0 Å². The average molecular weight is 243 g/mol. The Balaban J connectivity index is 2.71. The fourth-order valence-corrected chi connectivity index (χ4v) is 2.23. The molecule has 1 aliphatic rings. The predicted octanol–water partition coefficient (Wildman–Crippen LogP) is 1.70. The van der Waals surface area contributed by atoms with Crippen molar-refractivity contribution in [3.8, 4) is 0 Å². The van der Waals surface area contributed by atoms with Gasteiger partial charge in [-0.25, -0.2) is 0 Å². The van der Waals surface area contributed by atoms with Crippen molar-refractivity contribution in [2.45, 2.75) is 20.3 Å². The van der Waals surface area contributed by atoms with Crippen LogP contribution in [0.4, 0.5) is 4.79 Å². The first kappa shape index (κ1) is 12.8. The van der Waals surface area contributed by atoms with Gasteiger partial charge in [0.05, 0.1) is 11.3 Å². The summed E-state index contributed by atoms with van der Waals surface area (Å²) in [6.45, 7) is 3.76. The molecule has 1 N–H and O–H groups in total. The van der Waals surface area contributed by atoms with Gasteiger partial charge in [-0.15, -0.1) is 0 Å². The molecule has 6 heteroatoms. The van der Waals surface area contributed by atoms with Crippen LogP contribution in [0.25, 0.3) is 0 Å². The molecule has 1 fully saturated rings. The highest BCUT2D eigenvalue weighted by Crippen LogP contribution is 2.31. The summed E-state index contributed by atoms with van der Waals surface area (Å²) in [7, 11) is 0. The molecule has 16 heavy (non-hydrogen) atoms. The lowest BCUT2D eigenvalue weighted by Crippen LogP contribution is -2.30. The van der Waals surface area contributed by atoms with Gasteiger partial charge in [0.25, 0.3) is 11.1 Å². The number of hydrogen-bond acceptors (Lipinski definition) is 4. The standard InChI is InChI=1S/C10H13NO4S/c1-6(2)5-7-9(14)11(10(15)16-7)4-3-8(12)13/h5-6H,3-4H2,1-2H3,(H,12,13)/b7-5-. The molecular formula is C10H13NO4S. The Morgan fingerprint density at radius 1 is 1.50 bits per heavy atom. The number of carboxylic acid groups (broad SMARTS) is 1. The molecule has 1 rings (SSSR count). The van der Waals surface area contributed by atoms with Gasteiger partial charge >= 0.3 is 5.97 Å². The minimum atomic E-state index is -1.02. The summed E-state index contributed by atoms with van der Waals surface area (Å²) in [5, 5.41) is 8.10. The molecule has 5 nitrogen and oxygen atoms in total. The van der Waals surface area contributed by atoms with Crippen LogP contribution in [-0.2, 0) is 9.59 Å². The highest BCUT2D eigenvalue weighted by molar-refractivity contribution is 8.18. The third-order valence-corrected chi connectivity index (χ3v) is 2.83. The zero-order valence-corrected chi connectivity index (χ0v) is 9.91. The van der Waals surface area contributed by atoms with Gasteiger partial charge in [0, 0.05) is 6.54 Å². The van der Waals surface area contributed by atoms with E-state index in [1.807, 2.05) is 13.8 Å². The Morgan fingerprint density at radius 3 is 2.62 bits per heavy atom. The minimum Gasteiger partial charge on any atom is -0.481 e. The number of carbonyl (C=O) groups is 3.